The van der Waals surface area contributed by atoms with Crippen molar-refractivity contribution in [2.75, 3.05) is 0 Å². The second-order valence-corrected chi connectivity index (χ2v) is 5.39. The highest BCUT2D eigenvalue weighted by Crippen LogP contribution is 2.34. The number of hydrogen-bond acceptors (Lipinski definition) is 1. The number of nitrogens with one attached hydrogen (secondary N) is 1. The van der Waals surface area contributed by atoms with Gasteiger partial charge < -0.3 is 5.32 Å². The van der Waals surface area contributed by atoms with Gasteiger partial charge in [0.05, 0.1) is 0 Å². The summed E-state index contributed by atoms with van der Waals surface area (Å²) in [5, 5.41) is 3.53. The summed E-state index contributed by atoms with van der Waals surface area (Å²) in [5.74, 6) is 0.531. The molecule has 2 rings (SSSR count). The van der Waals surface area contributed by atoms with E-state index in [1.807, 2.05) is 0 Å². The average molecular weight is 217 g/mol. The van der Waals surface area contributed by atoms with E-state index in [9.17, 15) is 8.78 Å². The van der Waals surface area contributed by atoms with E-state index in [0.29, 0.717) is 24.9 Å². The molecular formula is C12H21F2N. The molecule has 2 fully saturated rings. The van der Waals surface area contributed by atoms with Gasteiger partial charge in [-0.1, -0.05) is 6.92 Å². The lowest BCUT2D eigenvalue weighted by Crippen LogP contribution is -2.48. The van der Waals surface area contributed by atoms with Crippen LogP contribution in [0, 0.1) is 11.8 Å². The maximum absolute atomic E-state index is 12.3. The lowest BCUT2D eigenvalue weighted by Gasteiger charge is -2.39. The maximum atomic E-state index is 12.3. The zero-order valence-corrected chi connectivity index (χ0v) is 9.39. The smallest absolute Gasteiger partial charge is 0.241 e. The van der Waals surface area contributed by atoms with Crippen molar-refractivity contribution in [3.05, 3.63) is 0 Å². The molecule has 3 heteroatoms. The molecule has 0 unspecified atom stereocenters. The van der Waals surface area contributed by atoms with Crippen LogP contribution in [-0.2, 0) is 0 Å². The van der Waals surface area contributed by atoms with E-state index in [-0.39, 0.29) is 5.92 Å². The number of halogens is 2. The molecule has 2 saturated carbocycles. The van der Waals surface area contributed by atoms with E-state index in [0.717, 1.165) is 5.92 Å². The predicted octanol–water partition coefficient (Wildman–Crippen LogP) is 3.20. The maximum Gasteiger partial charge on any atom is 0.241 e. The lowest BCUT2D eigenvalue weighted by molar-refractivity contribution is 0.0118. The molecule has 1 N–H and O–H groups in total. The van der Waals surface area contributed by atoms with Crippen LogP contribution in [0.4, 0.5) is 8.78 Å². The van der Waals surface area contributed by atoms with Crippen molar-refractivity contribution < 1.29 is 8.78 Å². The van der Waals surface area contributed by atoms with Gasteiger partial charge in [-0.15, -0.1) is 0 Å². The molecule has 0 bridgehead atoms. The van der Waals surface area contributed by atoms with E-state index >= 15 is 0 Å². The summed E-state index contributed by atoms with van der Waals surface area (Å²) in [5.41, 5.74) is 0. The Labute approximate surface area is 90.6 Å². The van der Waals surface area contributed by atoms with Crippen LogP contribution >= 0.6 is 0 Å². The van der Waals surface area contributed by atoms with Crippen LogP contribution in [0.25, 0.3) is 0 Å². The Bertz CT molecular complexity index is 194. The topological polar surface area (TPSA) is 12.0 Å². The van der Waals surface area contributed by atoms with Gasteiger partial charge >= 0.3 is 0 Å². The van der Waals surface area contributed by atoms with Gasteiger partial charge in [0.1, 0.15) is 0 Å². The van der Waals surface area contributed by atoms with Gasteiger partial charge in [0.25, 0.3) is 0 Å². The van der Waals surface area contributed by atoms with Crippen LogP contribution < -0.4 is 5.32 Å². The third-order valence-electron chi connectivity index (χ3n) is 4.02. The number of alkyl halides is 2. The second-order valence-electron chi connectivity index (χ2n) is 5.39. The van der Waals surface area contributed by atoms with Gasteiger partial charge in [0.15, 0.2) is 0 Å². The normalized spacial score (nSPS) is 41.6. The number of hydrogen-bond donors (Lipinski definition) is 1. The molecule has 0 aromatic carbocycles. The Morgan fingerprint density at radius 3 is 2.13 bits per heavy atom. The first-order chi connectivity index (χ1) is 7.15. The van der Waals surface area contributed by atoms with Crippen LogP contribution in [-0.4, -0.2) is 18.5 Å². The van der Waals surface area contributed by atoms with Crippen molar-refractivity contribution in [3.63, 3.8) is 0 Å². The quantitative estimate of drug-likeness (QED) is 0.765. The van der Waals surface area contributed by atoms with E-state index in [2.05, 4.69) is 12.2 Å². The largest absolute Gasteiger partial charge is 0.311 e. The highest BCUT2D eigenvalue weighted by Gasteiger charge is 2.36. The summed E-state index contributed by atoms with van der Waals surface area (Å²) in [6.07, 6.45) is 4.32. The van der Waals surface area contributed by atoms with E-state index in [1.54, 1.807) is 0 Å². The van der Waals surface area contributed by atoms with Gasteiger partial charge in [-0.3, -0.25) is 0 Å². The summed E-state index contributed by atoms with van der Waals surface area (Å²) in [6, 6.07) is 0.979. The van der Waals surface area contributed by atoms with Crippen LogP contribution in [0.1, 0.15) is 45.4 Å². The molecule has 0 amide bonds. The summed E-state index contributed by atoms with van der Waals surface area (Å²) >= 11 is 0. The van der Waals surface area contributed by atoms with Crippen molar-refractivity contribution in [2.24, 2.45) is 11.8 Å². The van der Waals surface area contributed by atoms with Gasteiger partial charge in [0, 0.05) is 18.0 Å². The summed E-state index contributed by atoms with van der Waals surface area (Å²) < 4.78 is 24.5. The van der Waals surface area contributed by atoms with E-state index in [4.69, 9.17) is 0 Å². The van der Waals surface area contributed by atoms with Crippen LogP contribution in [0.3, 0.4) is 0 Å². The Hall–Kier alpha value is -0.180. The molecule has 0 atom stereocenters. The minimum atomic E-state index is -2.10. The zero-order valence-electron chi connectivity index (χ0n) is 9.39. The molecule has 2 aliphatic carbocycles. The Balaban J connectivity index is 1.63. The minimum absolute atomic E-state index is 0.329. The molecule has 0 spiro atoms. The highest BCUT2D eigenvalue weighted by atomic mass is 19.3. The van der Waals surface area contributed by atoms with Gasteiger partial charge in [-0.05, 0) is 44.4 Å². The first-order valence-electron chi connectivity index (χ1n) is 6.19. The summed E-state index contributed by atoms with van der Waals surface area (Å²) in [6.45, 7) is 2.30. The van der Waals surface area contributed by atoms with E-state index in [1.165, 1.54) is 25.7 Å². The second kappa shape index (κ2) is 4.77. The molecule has 0 saturated heterocycles. The van der Waals surface area contributed by atoms with Crippen molar-refractivity contribution in [1.82, 2.24) is 5.32 Å². The van der Waals surface area contributed by atoms with Crippen molar-refractivity contribution >= 4 is 0 Å². The van der Waals surface area contributed by atoms with Gasteiger partial charge in [0.2, 0.25) is 6.43 Å². The molecule has 0 aromatic rings. The Morgan fingerprint density at radius 2 is 1.60 bits per heavy atom. The lowest BCUT2D eigenvalue weighted by atomic mass is 9.79. The molecule has 15 heavy (non-hydrogen) atoms. The molecular weight excluding hydrogens is 196 g/mol. The summed E-state index contributed by atoms with van der Waals surface area (Å²) in [7, 11) is 0. The minimum Gasteiger partial charge on any atom is -0.311 e. The molecule has 0 aliphatic heterocycles. The van der Waals surface area contributed by atoms with E-state index < -0.39 is 6.43 Å². The summed E-state index contributed by atoms with van der Waals surface area (Å²) in [4.78, 5) is 0. The van der Waals surface area contributed by atoms with Gasteiger partial charge in [-0.25, -0.2) is 8.78 Å². The first-order valence-corrected chi connectivity index (χ1v) is 6.19. The highest BCUT2D eigenvalue weighted by molar-refractivity contribution is 4.89. The van der Waals surface area contributed by atoms with Crippen LogP contribution in [0.15, 0.2) is 0 Å². The van der Waals surface area contributed by atoms with Crippen LogP contribution in [0.2, 0.25) is 0 Å². The zero-order chi connectivity index (χ0) is 10.8. The molecule has 0 aromatic heterocycles. The van der Waals surface area contributed by atoms with Crippen molar-refractivity contribution in [2.45, 2.75) is 64.0 Å². The van der Waals surface area contributed by atoms with Crippen LogP contribution in [0.5, 0.6) is 0 Å². The monoisotopic (exact) mass is 217 g/mol. The number of rotatable bonds is 3. The predicted molar refractivity (Wildman–Crippen MR) is 57.1 cm³/mol. The standard InChI is InChI=1S/C12H21F2N/c1-8-2-4-10(5-3-8)15-11-6-9(7-11)12(13)14/h8-12,15H,2-7H2,1H3. The fraction of sp³-hybridized carbons (Fsp3) is 1.00. The first kappa shape index (κ1) is 11.3. The van der Waals surface area contributed by atoms with Crippen molar-refractivity contribution in [3.8, 4) is 0 Å². The molecule has 1 nitrogen and oxygen atoms in total. The van der Waals surface area contributed by atoms with Gasteiger partial charge in [-0.2, -0.15) is 0 Å². The third kappa shape index (κ3) is 2.90. The fourth-order valence-corrected chi connectivity index (χ4v) is 2.76. The molecule has 0 radical (unpaired) electrons. The SMILES string of the molecule is CC1CCC(NC2CC(C(F)F)C2)CC1. The van der Waals surface area contributed by atoms with Crippen molar-refractivity contribution in [1.29, 1.82) is 0 Å². The Kier molecular flexibility index (Phi) is 3.60. The fourth-order valence-electron chi connectivity index (χ4n) is 2.76. The molecule has 0 heterocycles. The average Bonchev–Trinajstić information content (AvgIpc) is 2.13. The Morgan fingerprint density at radius 1 is 1.00 bits per heavy atom. The molecule has 88 valence electrons. The third-order valence-corrected chi connectivity index (χ3v) is 4.02. The molecule has 2 aliphatic rings.